The van der Waals surface area contributed by atoms with E-state index in [1.54, 1.807) is 24.1 Å². The lowest BCUT2D eigenvalue weighted by atomic mass is 10.1. The van der Waals surface area contributed by atoms with Gasteiger partial charge in [0.2, 0.25) is 9.84 Å². The number of aryl methyl sites for hydroxylation is 1. The molecule has 0 bridgehead atoms. The number of aromatic nitrogens is 3. The molecule has 1 aromatic carbocycles. The lowest BCUT2D eigenvalue weighted by Crippen LogP contribution is -2.01. The summed E-state index contributed by atoms with van der Waals surface area (Å²) in [7, 11) is -2.11. The molecule has 0 aliphatic heterocycles. The number of benzene rings is 1. The lowest BCUT2D eigenvalue weighted by Gasteiger charge is -2.05. The Morgan fingerprint density at radius 2 is 1.85 bits per heavy atom. The molecule has 0 saturated heterocycles. The Morgan fingerprint density at radius 1 is 1.15 bits per heavy atom. The summed E-state index contributed by atoms with van der Waals surface area (Å²) in [5, 5.41) is 4.52. The highest BCUT2D eigenvalue weighted by atomic mass is 35.5. The van der Waals surface area contributed by atoms with Gasteiger partial charge in [-0.2, -0.15) is 5.10 Å². The van der Waals surface area contributed by atoms with E-state index >= 15 is 0 Å². The van der Waals surface area contributed by atoms with Crippen molar-refractivity contribution in [2.24, 2.45) is 12.8 Å². The van der Waals surface area contributed by atoms with E-state index < -0.39 is 15.7 Å². The van der Waals surface area contributed by atoms with Gasteiger partial charge in [-0.25, -0.2) is 17.8 Å². The van der Waals surface area contributed by atoms with Crippen LogP contribution in [0.3, 0.4) is 0 Å². The number of halogens is 4. The van der Waals surface area contributed by atoms with Gasteiger partial charge in [0, 0.05) is 25.4 Å². The number of thiazole rings is 1. The van der Waals surface area contributed by atoms with Crippen LogP contribution in [0.2, 0.25) is 0 Å². The van der Waals surface area contributed by atoms with Gasteiger partial charge in [-0.3, -0.25) is 4.68 Å². The van der Waals surface area contributed by atoms with Crippen LogP contribution in [0.25, 0.3) is 11.1 Å². The number of hydrogen-bond donors (Lipinski definition) is 1. The molecule has 3 rings (SSSR count). The normalized spacial score (nSPS) is 10.4. The number of sulfone groups is 1. The van der Waals surface area contributed by atoms with Gasteiger partial charge in [-0.1, -0.05) is 0 Å². The fourth-order valence-corrected chi connectivity index (χ4v) is 4.60. The number of rotatable bonds is 4. The summed E-state index contributed by atoms with van der Waals surface area (Å²) < 4.78 is 40.8. The first-order valence-electron chi connectivity index (χ1n) is 6.59. The van der Waals surface area contributed by atoms with Crippen molar-refractivity contribution in [2.45, 2.75) is 15.6 Å². The molecule has 0 atom stereocenters. The van der Waals surface area contributed by atoms with Crippen molar-refractivity contribution in [3.63, 3.8) is 0 Å². The van der Waals surface area contributed by atoms with Crippen LogP contribution < -0.4 is 5.73 Å². The molecule has 0 aliphatic carbocycles. The molecule has 0 aliphatic rings. The van der Waals surface area contributed by atoms with E-state index in [4.69, 9.17) is 5.73 Å². The SMILES string of the molecule is Cl.Cl.Cl.Cn1cc(-c2cc(F)cc(S(=O)(=O)c3cnc(CN)s3)c2)cn1. The maximum atomic E-state index is 13.9. The minimum absolute atomic E-state index is 0. The van der Waals surface area contributed by atoms with E-state index in [-0.39, 0.29) is 52.9 Å². The smallest absolute Gasteiger partial charge is 0.217 e. The van der Waals surface area contributed by atoms with Crippen molar-refractivity contribution in [1.82, 2.24) is 14.8 Å². The molecule has 2 N–H and O–H groups in total. The van der Waals surface area contributed by atoms with Crippen molar-refractivity contribution in [3.05, 3.63) is 47.6 Å². The van der Waals surface area contributed by atoms with Gasteiger partial charge in [0.15, 0.2) is 0 Å². The molecule has 0 radical (unpaired) electrons. The second-order valence-corrected chi connectivity index (χ2v) is 8.15. The van der Waals surface area contributed by atoms with Crippen LogP contribution >= 0.6 is 48.6 Å². The van der Waals surface area contributed by atoms with E-state index in [0.29, 0.717) is 16.1 Å². The molecule has 2 aromatic heterocycles. The first kappa shape index (κ1) is 24.8. The van der Waals surface area contributed by atoms with E-state index in [9.17, 15) is 12.8 Å². The van der Waals surface area contributed by atoms with Crippen LogP contribution in [0.5, 0.6) is 0 Å². The van der Waals surface area contributed by atoms with Crippen LogP contribution in [0.4, 0.5) is 4.39 Å². The Morgan fingerprint density at radius 3 is 2.38 bits per heavy atom. The fourth-order valence-electron chi connectivity index (χ4n) is 2.08. The highest BCUT2D eigenvalue weighted by molar-refractivity contribution is 7.93. The van der Waals surface area contributed by atoms with Gasteiger partial charge in [-0.15, -0.1) is 48.6 Å². The Bertz CT molecular complexity index is 976. The number of nitrogens with two attached hydrogens (primary N) is 1. The molecule has 0 fully saturated rings. The topological polar surface area (TPSA) is 90.9 Å². The first-order chi connectivity index (χ1) is 10.9. The third-order valence-electron chi connectivity index (χ3n) is 3.19. The first-order valence-corrected chi connectivity index (χ1v) is 8.89. The molecule has 0 spiro atoms. The standard InChI is InChI=1S/C14H13FN4O2S2.3ClH/c1-19-8-10(6-18-19)9-2-11(15)4-12(3-9)23(20,21)14-7-17-13(5-16)22-14;;;/h2-4,6-8H,5,16H2,1H3;3*1H. The van der Waals surface area contributed by atoms with E-state index in [2.05, 4.69) is 10.1 Å². The molecule has 0 saturated carbocycles. The molecule has 12 heteroatoms. The minimum atomic E-state index is -3.84. The summed E-state index contributed by atoms with van der Waals surface area (Å²) in [6.45, 7) is 0.157. The van der Waals surface area contributed by atoms with Gasteiger partial charge < -0.3 is 5.73 Å². The van der Waals surface area contributed by atoms with Gasteiger partial charge in [0.05, 0.1) is 17.3 Å². The summed E-state index contributed by atoms with van der Waals surface area (Å²) in [6.07, 6.45) is 4.48. The maximum absolute atomic E-state index is 13.9. The Kier molecular flexibility index (Phi) is 9.18. The summed E-state index contributed by atoms with van der Waals surface area (Å²) in [5.74, 6) is -0.631. The summed E-state index contributed by atoms with van der Waals surface area (Å²) >= 11 is 0.983. The molecule has 6 nitrogen and oxygen atoms in total. The van der Waals surface area contributed by atoms with Crippen molar-refractivity contribution in [1.29, 1.82) is 0 Å². The van der Waals surface area contributed by atoms with Crippen LogP contribution in [0.15, 0.2) is 45.9 Å². The summed E-state index contributed by atoms with van der Waals surface area (Å²) in [4.78, 5) is 3.82. The van der Waals surface area contributed by atoms with Crippen molar-refractivity contribution < 1.29 is 12.8 Å². The highest BCUT2D eigenvalue weighted by Crippen LogP contribution is 2.30. The molecule has 0 unspecified atom stereocenters. The molecule has 2 heterocycles. The third-order valence-corrected chi connectivity index (χ3v) is 6.41. The quantitative estimate of drug-likeness (QED) is 0.644. The lowest BCUT2D eigenvalue weighted by molar-refractivity contribution is 0.592. The van der Waals surface area contributed by atoms with Crippen LogP contribution in [-0.4, -0.2) is 23.2 Å². The van der Waals surface area contributed by atoms with Gasteiger partial charge in [-0.05, 0) is 23.8 Å². The van der Waals surface area contributed by atoms with Crippen molar-refractivity contribution >= 4 is 58.4 Å². The van der Waals surface area contributed by atoms with E-state index in [0.717, 1.165) is 17.4 Å². The van der Waals surface area contributed by atoms with Crippen LogP contribution in [0.1, 0.15) is 5.01 Å². The van der Waals surface area contributed by atoms with Crippen molar-refractivity contribution in [3.8, 4) is 11.1 Å². The zero-order valence-electron chi connectivity index (χ0n) is 13.3. The monoisotopic (exact) mass is 460 g/mol. The van der Waals surface area contributed by atoms with Gasteiger partial charge >= 0.3 is 0 Å². The molecular weight excluding hydrogens is 446 g/mol. The summed E-state index contributed by atoms with van der Waals surface area (Å²) in [5.41, 5.74) is 6.53. The average molecular weight is 462 g/mol. The zero-order chi connectivity index (χ0) is 16.6. The number of nitrogens with zero attached hydrogens (tertiary/aromatic N) is 3. The average Bonchev–Trinajstić information content (AvgIpc) is 3.15. The Hall–Kier alpha value is -1.23. The van der Waals surface area contributed by atoms with Gasteiger partial charge in [0.1, 0.15) is 15.0 Å². The molecular formula is C14H16Cl3FN4O2S2. The Labute approximate surface area is 172 Å². The largest absolute Gasteiger partial charge is 0.325 e. The van der Waals surface area contributed by atoms with Crippen molar-refractivity contribution in [2.75, 3.05) is 0 Å². The predicted octanol–water partition coefficient (Wildman–Crippen LogP) is 3.24. The number of hydrogen-bond acceptors (Lipinski definition) is 6. The third kappa shape index (κ3) is 4.93. The Balaban J connectivity index is 0.00000208. The molecule has 3 aromatic rings. The molecule has 144 valence electrons. The zero-order valence-corrected chi connectivity index (χ0v) is 17.4. The second kappa shape index (κ2) is 9.63. The summed E-state index contributed by atoms with van der Waals surface area (Å²) in [6, 6.07) is 3.70. The van der Waals surface area contributed by atoms with Crippen LogP contribution in [-0.2, 0) is 23.4 Å². The minimum Gasteiger partial charge on any atom is -0.325 e. The second-order valence-electron chi connectivity index (χ2n) is 4.86. The van der Waals surface area contributed by atoms with Gasteiger partial charge in [0.25, 0.3) is 0 Å². The highest BCUT2D eigenvalue weighted by Gasteiger charge is 2.22. The van der Waals surface area contributed by atoms with E-state index in [1.807, 2.05) is 0 Å². The predicted molar refractivity (Wildman–Crippen MR) is 106 cm³/mol. The van der Waals surface area contributed by atoms with Crippen LogP contribution in [0, 0.1) is 5.82 Å². The van der Waals surface area contributed by atoms with E-state index in [1.165, 1.54) is 18.3 Å². The molecule has 0 amide bonds. The maximum Gasteiger partial charge on any atom is 0.217 e. The molecule has 26 heavy (non-hydrogen) atoms. The fraction of sp³-hybridized carbons (Fsp3) is 0.143.